The number of carbonyl (C=O) groups excluding carboxylic acids is 1. The molecular weight excluding hydrogens is 384 g/mol. The lowest BCUT2D eigenvalue weighted by molar-refractivity contribution is -0.113. The van der Waals surface area contributed by atoms with E-state index in [9.17, 15) is 4.79 Å². The summed E-state index contributed by atoms with van der Waals surface area (Å²) in [5.41, 5.74) is 5.80. The van der Waals surface area contributed by atoms with Crippen LogP contribution < -0.4 is 21.6 Å². The number of amides is 1. The van der Waals surface area contributed by atoms with Gasteiger partial charge in [-0.05, 0) is 36.4 Å². The van der Waals surface area contributed by atoms with Gasteiger partial charge in [-0.2, -0.15) is 0 Å². The van der Waals surface area contributed by atoms with Gasteiger partial charge < -0.3 is 5.73 Å². The zero-order chi connectivity index (χ0) is 18.6. The van der Waals surface area contributed by atoms with Crippen LogP contribution in [0.25, 0.3) is 0 Å². The van der Waals surface area contributed by atoms with Crippen molar-refractivity contribution in [1.29, 1.82) is 0 Å². The van der Waals surface area contributed by atoms with E-state index in [4.69, 9.17) is 28.9 Å². The van der Waals surface area contributed by atoms with Gasteiger partial charge in [-0.1, -0.05) is 77.8 Å². The normalized spacial score (nSPS) is 11.0. The molecule has 0 aromatic heterocycles. The fourth-order valence-corrected chi connectivity index (χ4v) is 8.23. The van der Waals surface area contributed by atoms with E-state index in [1.54, 1.807) is 0 Å². The molecule has 0 saturated carbocycles. The van der Waals surface area contributed by atoms with Crippen molar-refractivity contribution in [2.75, 3.05) is 0 Å². The number of nitrogens with two attached hydrogens (primary N) is 1. The Labute approximate surface area is 163 Å². The topological polar surface area (TPSA) is 43.1 Å². The number of benzene rings is 3. The van der Waals surface area contributed by atoms with E-state index < -0.39 is 13.2 Å². The molecule has 0 atom stereocenters. The van der Waals surface area contributed by atoms with Crippen LogP contribution in [0.5, 0.6) is 0 Å². The summed E-state index contributed by atoms with van der Waals surface area (Å²) in [5.74, 6) is -0.616. The van der Waals surface area contributed by atoms with Gasteiger partial charge >= 0.3 is 0 Å². The third-order valence-electron chi connectivity index (χ3n) is 4.18. The molecule has 1 amide bonds. The van der Waals surface area contributed by atoms with Gasteiger partial charge in [0.05, 0.1) is 0 Å². The van der Waals surface area contributed by atoms with Gasteiger partial charge in [0.15, 0.2) is 11.8 Å². The third-order valence-corrected chi connectivity index (χ3v) is 9.15. The Bertz CT molecular complexity index is 827. The van der Waals surface area contributed by atoms with Gasteiger partial charge in [-0.25, -0.2) is 0 Å². The standard InChI is InChI=1S/C21H16Cl2NOP/c22-20(23)19(21(24)25)26(16-10-4-1-5-11-16,17-12-6-2-7-13-17)18-14-8-3-9-15-18/h1-15H,(H-,24,25)/p+1. The fourth-order valence-electron chi connectivity index (χ4n) is 3.17. The molecule has 0 saturated heterocycles. The number of hydrogen-bond acceptors (Lipinski definition) is 1. The fraction of sp³-hybridized carbons (Fsp3) is 0. The molecule has 0 heterocycles. The van der Waals surface area contributed by atoms with Crippen LogP contribution in [0.2, 0.25) is 0 Å². The van der Waals surface area contributed by atoms with Crippen molar-refractivity contribution in [3.8, 4) is 0 Å². The lowest BCUT2D eigenvalue weighted by atomic mass is 10.3. The van der Waals surface area contributed by atoms with Crippen molar-refractivity contribution in [3.63, 3.8) is 0 Å². The molecule has 0 spiro atoms. The van der Waals surface area contributed by atoms with Crippen LogP contribution in [0.1, 0.15) is 0 Å². The summed E-state index contributed by atoms with van der Waals surface area (Å²) in [6.45, 7) is 0. The van der Waals surface area contributed by atoms with Crippen LogP contribution in [0.15, 0.2) is 101 Å². The second kappa shape index (κ2) is 8.05. The summed E-state index contributed by atoms with van der Waals surface area (Å²) in [4.78, 5) is 12.5. The zero-order valence-corrected chi connectivity index (χ0v) is 16.3. The van der Waals surface area contributed by atoms with E-state index >= 15 is 0 Å². The quantitative estimate of drug-likeness (QED) is 0.508. The van der Waals surface area contributed by atoms with Gasteiger partial charge in [0, 0.05) is 0 Å². The highest BCUT2D eigenvalue weighted by molar-refractivity contribution is 8.00. The summed E-state index contributed by atoms with van der Waals surface area (Å²) in [5, 5.41) is 3.14. The molecule has 2 nitrogen and oxygen atoms in total. The van der Waals surface area contributed by atoms with Gasteiger partial charge in [0.1, 0.15) is 15.9 Å². The lowest BCUT2D eigenvalue weighted by Gasteiger charge is -2.28. The first kappa shape index (κ1) is 18.7. The second-order valence-electron chi connectivity index (χ2n) is 5.65. The first-order chi connectivity index (χ1) is 12.6. The monoisotopic (exact) mass is 400 g/mol. The van der Waals surface area contributed by atoms with Crippen LogP contribution in [0, 0.1) is 0 Å². The minimum atomic E-state index is -2.63. The number of primary amides is 1. The molecule has 0 radical (unpaired) electrons. The van der Waals surface area contributed by atoms with Gasteiger partial charge in [-0.3, -0.25) is 4.79 Å². The van der Waals surface area contributed by atoms with E-state index in [0.717, 1.165) is 15.9 Å². The first-order valence-electron chi connectivity index (χ1n) is 8.00. The minimum Gasteiger partial charge on any atom is -0.363 e. The Kier molecular flexibility index (Phi) is 5.78. The molecule has 3 aromatic rings. The molecular formula is C21H17Cl2NOP+. The molecule has 0 unspecified atom stereocenters. The van der Waals surface area contributed by atoms with Crippen molar-refractivity contribution in [3.05, 3.63) is 101 Å². The summed E-state index contributed by atoms with van der Waals surface area (Å²) in [7, 11) is -2.63. The average Bonchev–Trinajstić information content (AvgIpc) is 2.67. The molecule has 5 heteroatoms. The zero-order valence-electron chi connectivity index (χ0n) is 13.8. The molecule has 0 aliphatic heterocycles. The molecule has 0 aliphatic carbocycles. The number of halogens is 2. The van der Waals surface area contributed by atoms with Crippen LogP contribution in [0.4, 0.5) is 0 Å². The maximum absolute atomic E-state index is 12.5. The SMILES string of the molecule is NC(=O)C(=C(Cl)Cl)[P+](c1ccccc1)(c1ccccc1)c1ccccc1. The Morgan fingerprint density at radius 1 is 0.654 bits per heavy atom. The molecule has 0 fully saturated rings. The number of carbonyl (C=O) groups is 1. The maximum Gasteiger partial charge on any atom is 0.287 e. The summed E-state index contributed by atoms with van der Waals surface area (Å²) < 4.78 is -0.0950. The highest BCUT2D eigenvalue weighted by Crippen LogP contribution is 2.63. The lowest BCUT2D eigenvalue weighted by Crippen LogP contribution is -2.36. The van der Waals surface area contributed by atoms with Crippen LogP contribution in [0.3, 0.4) is 0 Å². The molecule has 3 rings (SSSR count). The molecule has 2 N–H and O–H groups in total. The van der Waals surface area contributed by atoms with Crippen molar-refractivity contribution in [2.45, 2.75) is 0 Å². The number of hydrogen-bond donors (Lipinski definition) is 1. The molecule has 3 aromatic carbocycles. The molecule has 26 heavy (non-hydrogen) atoms. The predicted molar refractivity (Wildman–Crippen MR) is 113 cm³/mol. The summed E-state index contributed by atoms with van der Waals surface area (Å²) >= 11 is 12.5. The largest absolute Gasteiger partial charge is 0.363 e. The Balaban J connectivity index is 2.52. The maximum atomic E-state index is 12.5. The highest BCUT2D eigenvalue weighted by Gasteiger charge is 2.53. The van der Waals surface area contributed by atoms with E-state index in [-0.39, 0.29) is 9.81 Å². The summed E-state index contributed by atoms with van der Waals surface area (Å²) in [6, 6.07) is 29.4. The van der Waals surface area contributed by atoms with Crippen molar-refractivity contribution < 1.29 is 4.79 Å². The van der Waals surface area contributed by atoms with Gasteiger partial charge in [-0.15, -0.1) is 0 Å². The van der Waals surface area contributed by atoms with E-state index in [2.05, 4.69) is 0 Å². The Morgan fingerprint density at radius 3 is 1.19 bits per heavy atom. The average molecular weight is 401 g/mol. The van der Waals surface area contributed by atoms with Crippen molar-refractivity contribution in [2.24, 2.45) is 5.73 Å². The molecule has 130 valence electrons. The Morgan fingerprint density at radius 2 is 0.962 bits per heavy atom. The molecule has 0 aliphatic rings. The summed E-state index contributed by atoms with van der Waals surface area (Å²) in [6.07, 6.45) is 0. The van der Waals surface area contributed by atoms with Crippen LogP contribution in [-0.2, 0) is 4.79 Å². The van der Waals surface area contributed by atoms with E-state index in [1.807, 2.05) is 91.0 Å². The first-order valence-corrected chi connectivity index (χ1v) is 10.5. The van der Waals surface area contributed by atoms with E-state index in [1.165, 1.54) is 0 Å². The van der Waals surface area contributed by atoms with Crippen LogP contribution >= 0.6 is 30.5 Å². The second-order valence-corrected chi connectivity index (χ2v) is 9.94. The van der Waals surface area contributed by atoms with Crippen molar-refractivity contribution >= 4 is 52.3 Å². The third kappa shape index (κ3) is 3.29. The van der Waals surface area contributed by atoms with Crippen LogP contribution in [-0.4, -0.2) is 5.91 Å². The molecule has 0 bridgehead atoms. The minimum absolute atomic E-state index is 0.0950. The number of rotatable bonds is 5. The van der Waals surface area contributed by atoms with E-state index in [0.29, 0.717) is 0 Å². The Hall–Kier alpha value is -2.12. The van der Waals surface area contributed by atoms with Crippen molar-refractivity contribution in [1.82, 2.24) is 0 Å². The van der Waals surface area contributed by atoms with Gasteiger partial charge in [0.2, 0.25) is 5.31 Å². The smallest absolute Gasteiger partial charge is 0.287 e. The van der Waals surface area contributed by atoms with Gasteiger partial charge in [0.25, 0.3) is 5.91 Å². The highest BCUT2D eigenvalue weighted by atomic mass is 35.5. The predicted octanol–water partition coefficient (Wildman–Crippen LogP) is 4.11.